The van der Waals surface area contributed by atoms with Crippen LogP contribution < -0.4 is 5.32 Å². The highest BCUT2D eigenvalue weighted by molar-refractivity contribution is 5.90. The summed E-state index contributed by atoms with van der Waals surface area (Å²) in [6.45, 7) is 0.453. The van der Waals surface area contributed by atoms with Crippen molar-refractivity contribution in [3.8, 4) is 0 Å². The third kappa shape index (κ3) is 3.08. The van der Waals surface area contributed by atoms with Crippen LogP contribution in [0.5, 0.6) is 0 Å². The molecule has 0 spiro atoms. The smallest absolute Gasteiger partial charge is 0.408 e. The summed E-state index contributed by atoms with van der Waals surface area (Å²) in [4.78, 5) is 24.4. The molecule has 2 fully saturated rings. The second-order valence-corrected chi connectivity index (χ2v) is 6.32. The van der Waals surface area contributed by atoms with Crippen molar-refractivity contribution < 1.29 is 14.7 Å². The lowest BCUT2D eigenvalue weighted by molar-refractivity contribution is -0.133. The Morgan fingerprint density at radius 3 is 2.36 bits per heavy atom. The van der Waals surface area contributed by atoms with Gasteiger partial charge in [0.1, 0.15) is 6.04 Å². The third-order valence-corrected chi connectivity index (χ3v) is 4.91. The van der Waals surface area contributed by atoms with Gasteiger partial charge < -0.3 is 10.4 Å². The Bertz CT molecular complexity index is 538. The minimum Gasteiger partial charge on any atom is -0.465 e. The summed E-state index contributed by atoms with van der Waals surface area (Å²) < 4.78 is 0. The van der Waals surface area contributed by atoms with Crippen molar-refractivity contribution in [2.75, 3.05) is 6.54 Å². The molecule has 1 aromatic rings. The highest BCUT2D eigenvalue weighted by Crippen LogP contribution is 2.31. The monoisotopic (exact) mass is 302 g/mol. The summed E-state index contributed by atoms with van der Waals surface area (Å²) in [5, 5.41) is 12.1. The van der Waals surface area contributed by atoms with Gasteiger partial charge in [0.25, 0.3) is 0 Å². The molecule has 1 heterocycles. The van der Waals surface area contributed by atoms with Gasteiger partial charge in [-0.1, -0.05) is 30.3 Å². The number of nitrogens with one attached hydrogen (secondary N) is 1. The van der Waals surface area contributed by atoms with Crippen LogP contribution in [0, 0.1) is 5.92 Å². The lowest BCUT2D eigenvalue weighted by Crippen LogP contribution is -2.65. The first-order chi connectivity index (χ1) is 10.6. The van der Waals surface area contributed by atoms with Crippen LogP contribution in [-0.4, -0.2) is 40.6 Å². The third-order valence-electron chi connectivity index (χ3n) is 4.91. The molecule has 2 N–H and O–H groups in total. The van der Waals surface area contributed by atoms with Crippen LogP contribution in [0.4, 0.5) is 4.79 Å². The first kappa shape index (κ1) is 14.9. The van der Waals surface area contributed by atoms with Crippen LogP contribution in [0.15, 0.2) is 30.3 Å². The van der Waals surface area contributed by atoms with Crippen LogP contribution in [-0.2, 0) is 11.2 Å². The maximum absolute atomic E-state index is 11.5. The first-order valence-corrected chi connectivity index (χ1v) is 7.98. The van der Waals surface area contributed by atoms with Gasteiger partial charge in [-0.15, -0.1) is 0 Å². The molecule has 1 aromatic carbocycles. The van der Waals surface area contributed by atoms with Gasteiger partial charge in [0.15, 0.2) is 0 Å². The van der Waals surface area contributed by atoms with E-state index in [4.69, 9.17) is 0 Å². The van der Waals surface area contributed by atoms with E-state index >= 15 is 0 Å². The zero-order chi connectivity index (χ0) is 15.5. The molecule has 5 nitrogen and oxygen atoms in total. The van der Waals surface area contributed by atoms with Crippen LogP contribution in [0.2, 0.25) is 0 Å². The predicted molar refractivity (Wildman–Crippen MR) is 82.6 cm³/mol. The maximum Gasteiger partial charge on any atom is 0.408 e. The van der Waals surface area contributed by atoms with Crippen LogP contribution in [0.1, 0.15) is 31.2 Å². The minimum absolute atomic E-state index is 0.0134. The van der Waals surface area contributed by atoms with E-state index in [2.05, 4.69) is 29.6 Å². The number of hydrogen-bond donors (Lipinski definition) is 2. The van der Waals surface area contributed by atoms with Crippen molar-refractivity contribution in [1.82, 2.24) is 10.2 Å². The van der Waals surface area contributed by atoms with E-state index in [0.717, 1.165) is 32.1 Å². The maximum atomic E-state index is 11.5. The average Bonchev–Trinajstić information content (AvgIpc) is 2.52. The number of hydrogen-bond acceptors (Lipinski definition) is 2. The number of amides is 2. The van der Waals surface area contributed by atoms with E-state index < -0.39 is 12.1 Å². The highest BCUT2D eigenvalue weighted by atomic mass is 16.4. The van der Waals surface area contributed by atoms with Crippen LogP contribution in [0.3, 0.4) is 0 Å². The Morgan fingerprint density at radius 1 is 1.18 bits per heavy atom. The van der Waals surface area contributed by atoms with Crippen molar-refractivity contribution in [1.29, 1.82) is 0 Å². The summed E-state index contributed by atoms with van der Waals surface area (Å²) in [6.07, 6.45) is 3.85. The molecular weight excluding hydrogens is 280 g/mol. The van der Waals surface area contributed by atoms with E-state index in [1.54, 1.807) is 0 Å². The largest absolute Gasteiger partial charge is 0.465 e. The zero-order valence-corrected chi connectivity index (χ0v) is 12.6. The molecule has 1 saturated carbocycles. The molecular formula is C17H22N2O3. The average molecular weight is 302 g/mol. The van der Waals surface area contributed by atoms with E-state index in [-0.39, 0.29) is 11.9 Å². The number of carbonyl (C=O) groups is 2. The second-order valence-electron chi connectivity index (χ2n) is 6.32. The SMILES string of the molecule is O=C1NC[C@@H]1N(C(=O)O)C1CCC(Cc2ccccc2)CC1. The molecule has 0 radical (unpaired) electrons. The highest BCUT2D eigenvalue weighted by Gasteiger charge is 2.41. The Labute approximate surface area is 130 Å². The molecule has 118 valence electrons. The Morgan fingerprint density at radius 2 is 1.86 bits per heavy atom. The molecule has 0 unspecified atom stereocenters. The fourth-order valence-corrected chi connectivity index (χ4v) is 3.62. The summed E-state index contributed by atoms with van der Waals surface area (Å²) in [6, 6.07) is 9.94. The normalized spacial score (nSPS) is 27.6. The minimum atomic E-state index is -0.966. The van der Waals surface area contributed by atoms with E-state index in [1.165, 1.54) is 10.5 Å². The summed E-state index contributed by atoms with van der Waals surface area (Å²) in [5.74, 6) is 0.457. The Kier molecular flexibility index (Phi) is 4.32. The van der Waals surface area contributed by atoms with Gasteiger partial charge in [-0.3, -0.25) is 9.69 Å². The molecule has 1 atom stereocenters. The Hall–Kier alpha value is -2.04. The van der Waals surface area contributed by atoms with Gasteiger partial charge in [-0.2, -0.15) is 0 Å². The molecule has 1 aliphatic heterocycles. The summed E-state index contributed by atoms with van der Waals surface area (Å²) in [5.41, 5.74) is 1.35. The van der Waals surface area contributed by atoms with Crippen molar-refractivity contribution in [2.24, 2.45) is 5.92 Å². The summed E-state index contributed by atoms with van der Waals surface area (Å²) >= 11 is 0. The van der Waals surface area contributed by atoms with E-state index in [9.17, 15) is 14.7 Å². The number of benzene rings is 1. The predicted octanol–water partition coefficient (Wildman–Crippen LogP) is 2.27. The molecule has 0 bridgehead atoms. The van der Waals surface area contributed by atoms with E-state index in [1.807, 2.05) is 6.07 Å². The van der Waals surface area contributed by atoms with Crippen molar-refractivity contribution in [3.63, 3.8) is 0 Å². The Balaban J connectivity index is 1.56. The molecule has 22 heavy (non-hydrogen) atoms. The topological polar surface area (TPSA) is 69.6 Å². The molecule has 1 saturated heterocycles. The number of rotatable bonds is 4. The molecule has 0 aromatic heterocycles. The van der Waals surface area contributed by atoms with Crippen LogP contribution in [0.25, 0.3) is 0 Å². The van der Waals surface area contributed by atoms with Gasteiger partial charge in [0.05, 0.1) is 0 Å². The molecule has 5 heteroatoms. The molecule has 2 aliphatic rings. The van der Waals surface area contributed by atoms with E-state index in [0.29, 0.717) is 12.5 Å². The number of carbonyl (C=O) groups excluding carboxylic acids is 1. The fourth-order valence-electron chi connectivity index (χ4n) is 3.62. The van der Waals surface area contributed by atoms with Crippen molar-refractivity contribution >= 4 is 12.0 Å². The number of β-lactam (4-membered cyclic amide) rings is 1. The van der Waals surface area contributed by atoms with Gasteiger partial charge >= 0.3 is 6.09 Å². The molecule has 3 rings (SSSR count). The van der Waals surface area contributed by atoms with Gasteiger partial charge in [-0.05, 0) is 43.6 Å². The molecule has 2 amide bonds. The standard InChI is InChI=1S/C17H22N2O3/c20-16-15(11-18-16)19(17(21)22)14-8-6-13(7-9-14)10-12-4-2-1-3-5-12/h1-5,13-15H,6-11H2,(H,18,20)(H,21,22)/t13?,14?,15-/m0/s1. The van der Waals surface area contributed by atoms with Gasteiger partial charge in [0.2, 0.25) is 5.91 Å². The van der Waals surface area contributed by atoms with Crippen molar-refractivity contribution in [3.05, 3.63) is 35.9 Å². The number of carboxylic acid groups (broad SMARTS) is 1. The van der Waals surface area contributed by atoms with Gasteiger partial charge in [0, 0.05) is 12.6 Å². The second kappa shape index (κ2) is 6.38. The lowest BCUT2D eigenvalue weighted by Gasteiger charge is -2.42. The number of nitrogens with zero attached hydrogens (tertiary/aromatic N) is 1. The quantitative estimate of drug-likeness (QED) is 0.838. The summed E-state index contributed by atoms with van der Waals surface area (Å²) in [7, 11) is 0. The van der Waals surface area contributed by atoms with Crippen molar-refractivity contribution in [2.45, 2.75) is 44.2 Å². The first-order valence-electron chi connectivity index (χ1n) is 7.98. The lowest BCUT2D eigenvalue weighted by atomic mass is 9.81. The fraction of sp³-hybridized carbons (Fsp3) is 0.529. The van der Waals surface area contributed by atoms with Crippen LogP contribution >= 0.6 is 0 Å². The molecule has 1 aliphatic carbocycles. The van der Waals surface area contributed by atoms with Gasteiger partial charge in [-0.25, -0.2) is 4.79 Å². The zero-order valence-electron chi connectivity index (χ0n) is 12.6.